The summed E-state index contributed by atoms with van der Waals surface area (Å²) in [6.07, 6.45) is -4.58. The van der Waals surface area contributed by atoms with Crippen LogP contribution in [0.15, 0.2) is 22.7 Å². The van der Waals surface area contributed by atoms with Crippen molar-refractivity contribution in [3.8, 4) is 5.75 Å². The molecule has 2 nitrogen and oxygen atoms in total. The zero-order valence-electron chi connectivity index (χ0n) is 8.80. The third kappa shape index (κ3) is 4.09. The predicted octanol–water partition coefficient (Wildman–Crippen LogP) is 3.43. The van der Waals surface area contributed by atoms with Gasteiger partial charge < -0.3 is 10.5 Å². The Morgan fingerprint density at radius 3 is 2.50 bits per heavy atom. The van der Waals surface area contributed by atoms with Crippen LogP contribution < -0.4 is 10.5 Å². The van der Waals surface area contributed by atoms with E-state index in [2.05, 4.69) is 28.1 Å². The summed E-state index contributed by atoms with van der Waals surface area (Å²) in [7, 11) is 0. The Bertz CT molecular complexity index is 452. The second-order valence-corrected chi connectivity index (χ2v) is 4.71. The van der Waals surface area contributed by atoms with Gasteiger partial charge in [-0.15, -0.1) is 0 Å². The maximum atomic E-state index is 13.1. The van der Waals surface area contributed by atoms with Crippen LogP contribution in [0.3, 0.4) is 0 Å². The molecular weight excluding hydrogens is 338 g/mol. The summed E-state index contributed by atoms with van der Waals surface area (Å²) in [5.74, 6) is -2.72. The maximum absolute atomic E-state index is 13.1. The van der Waals surface area contributed by atoms with E-state index in [0.717, 1.165) is 6.07 Å². The molecule has 0 fully saturated rings. The molecule has 0 aliphatic heterocycles. The molecule has 0 spiro atoms. The van der Waals surface area contributed by atoms with Crippen molar-refractivity contribution >= 4 is 33.1 Å². The minimum atomic E-state index is -4.58. The molecule has 100 valence electrons. The van der Waals surface area contributed by atoms with Gasteiger partial charge in [-0.05, 0) is 28.1 Å². The third-order valence-electron chi connectivity index (χ3n) is 2.05. The number of nitrogens with two attached hydrogens (primary N) is 1. The second kappa shape index (κ2) is 5.83. The van der Waals surface area contributed by atoms with E-state index in [4.69, 9.17) is 10.5 Å². The highest BCUT2D eigenvalue weighted by atomic mass is 79.9. The highest BCUT2D eigenvalue weighted by Crippen LogP contribution is 2.28. The number of hydrogen-bond acceptors (Lipinski definition) is 2. The van der Waals surface area contributed by atoms with E-state index in [0.29, 0.717) is 0 Å². The van der Waals surface area contributed by atoms with Gasteiger partial charge in [0.25, 0.3) is 0 Å². The van der Waals surface area contributed by atoms with Crippen LogP contribution in [0.4, 0.5) is 17.6 Å². The zero-order chi connectivity index (χ0) is 13.9. The number of ether oxygens (including phenoxy) is 1. The first kappa shape index (κ1) is 15.2. The molecule has 0 aromatic heterocycles. The SMILES string of the molecule is NC(=S)C(COc1ccc(Br)c(F)c1)C(F)(F)F. The fraction of sp³-hybridized carbons (Fsp3) is 0.300. The topological polar surface area (TPSA) is 35.2 Å². The first-order valence-corrected chi connectivity index (χ1v) is 5.86. The molecule has 1 unspecified atom stereocenters. The molecule has 18 heavy (non-hydrogen) atoms. The summed E-state index contributed by atoms with van der Waals surface area (Å²) in [6, 6.07) is 3.63. The molecule has 1 atom stereocenters. The highest BCUT2D eigenvalue weighted by Gasteiger charge is 2.42. The molecule has 0 saturated heterocycles. The number of halogens is 5. The van der Waals surface area contributed by atoms with E-state index in [1.165, 1.54) is 12.1 Å². The molecule has 0 aliphatic carbocycles. The van der Waals surface area contributed by atoms with Gasteiger partial charge >= 0.3 is 6.18 Å². The van der Waals surface area contributed by atoms with Crippen molar-refractivity contribution in [2.75, 3.05) is 6.61 Å². The van der Waals surface area contributed by atoms with Crippen LogP contribution in [0.1, 0.15) is 0 Å². The smallest absolute Gasteiger partial charge is 0.401 e. The van der Waals surface area contributed by atoms with Crippen LogP contribution in [0.25, 0.3) is 0 Å². The molecular formula is C10H8BrF4NOS. The highest BCUT2D eigenvalue weighted by molar-refractivity contribution is 9.10. The standard InChI is InChI=1S/C10H8BrF4NOS/c11-7-2-1-5(3-8(7)12)17-4-6(9(16)18)10(13,14)15/h1-3,6H,4H2,(H2,16,18). The number of benzene rings is 1. The van der Waals surface area contributed by atoms with Crippen LogP contribution in [0.5, 0.6) is 5.75 Å². The Morgan fingerprint density at radius 1 is 1.44 bits per heavy atom. The zero-order valence-corrected chi connectivity index (χ0v) is 11.2. The van der Waals surface area contributed by atoms with Gasteiger partial charge in [0.05, 0.1) is 9.46 Å². The van der Waals surface area contributed by atoms with E-state index in [1.54, 1.807) is 0 Å². The molecule has 1 rings (SSSR count). The van der Waals surface area contributed by atoms with Gasteiger partial charge in [0.1, 0.15) is 24.1 Å². The van der Waals surface area contributed by atoms with Crippen molar-refractivity contribution in [3.63, 3.8) is 0 Å². The number of hydrogen-bond donors (Lipinski definition) is 1. The Balaban J connectivity index is 2.73. The molecule has 0 amide bonds. The van der Waals surface area contributed by atoms with Gasteiger partial charge in [0.2, 0.25) is 0 Å². The van der Waals surface area contributed by atoms with Crippen LogP contribution in [-0.2, 0) is 0 Å². The maximum Gasteiger partial charge on any atom is 0.401 e. The molecule has 0 heterocycles. The Hall–Kier alpha value is -0.890. The number of thiocarbonyl (C=S) groups is 1. The molecule has 0 radical (unpaired) electrons. The van der Waals surface area contributed by atoms with Crippen molar-refractivity contribution in [1.29, 1.82) is 0 Å². The van der Waals surface area contributed by atoms with Gasteiger partial charge in [0.15, 0.2) is 0 Å². The lowest BCUT2D eigenvalue weighted by Crippen LogP contribution is -2.38. The summed E-state index contributed by atoms with van der Waals surface area (Å²) in [5, 5.41) is 0. The Labute approximate surface area is 114 Å². The monoisotopic (exact) mass is 345 g/mol. The molecule has 1 aromatic carbocycles. The van der Waals surface area contributed by atoms with E-state index in [-0.39, 0.29) is 10.2 Å². The average molecular weight is 346 g/mol. The van der Waals surface area contributed by atoms with Crippen molar-refractivity contribution in [2.24, 2.45) is 11.7 Å². The molecule has 8 heteroatoms. The van der Waals surface area contributed by atoms with Crippen molar-refractivity contribution < 1.29 is 22.3 Å². The summed E-state index contributed by atoms with van der Waals surface area (Å²) in [4.78, 5) is -0.708. The molecule has 0 aliphatic rings. The minimum absolute atomic E-state index is 0.0267. The van der Waals surface area contributed by atoms with Gasteiger partial charge in [-0.1, -0.05) is 12.2 Å². The van der Waals surface area contributed by atoms with Gasteiger partial charge in [-0.25, -0.2) is 4.39 Å². The average Bonchev–Trinajstić information content (AvgIpc) is 2.21. The van der Waals surface area contributed by atoms with Crippen LogP contribution in [-0.4, -0.2) is 17.8 Å². The van der Waals surface area contributed by atoms with E-state index >= 15 is 0 Å². The normalized spacial score (nSPS) is 13.2. The number of alkyl halides is 3. The quantitative estimate of drug-likeness (QED) is 0.670. The van der Waals surface area contributed by atoms with Crippen molar-refractivity contribution in [1.82, 2.24) is 0 Å². The van der Waals surface area contributed by atoms with Gasteiger partial charge in [-0.3, -0.25) is 0 Å². The van der Waals surface area contributed by atoms with E-state index < -0.39 is 29.5 Å². The molecule has 0 bridgehead atoms. The fourth-order valence-corrected chi connectivity index (χ4v) is 1.53. The first-order chi connectivity index (χ1) is 8.21. The summed E-state index contributed by atoms with van der Waals surface area (Å²) in [5.41, 5.74) is 4.99. The largest absolute Gasteiger partial charge is 0.492 e. The lowest BCUT2D eigenvalue weighted by molar-refractivity contribution is -0.161. The van der Waals surface area contributed by atoms with Crippen molar-refractivity contribution in [2.45, 2.75) is 6.18 Å². The lowest BCUT2D eigenvalue weighted by atomic mass is 10.1. The summed E-state index contributed by atoms with van der Waals surface area (Å²) in [6.45, 7) is -0.778. The summed E-state index contributed by atoms with van der Waals surface area (Å²) < 4.78 is 55.6. The van der Waals surface area contributed by atoms with Gasteiger partial charge in [0, 0.05) is 6.07 Å². The molecule has 1 aromatic rings. The van der Waals surface area contributed by atoms with E-state index in [9.17, 15) is 17.6 Å². The third-order valence-corrected chi connectivity index (χ3v) is 2.97. The Kier molecular flexibility index (Phi) is 4.92. The van der Waals surface area contributed by atoms with Gasteiger partial charge in [-0.2, -0.15) is 13.2 Å². The lowest BCUT2D eigenvalue weighted by Gasteiger charge is -2.19. The summed E-state index contributed by atoms with van der Waals surface area (Å²) >= 11 is 7.24. The second-order valence-electron chi connectivity index (χ2n) is 3.38. The minimum Gasteiger partial charge on any atom is -0.492 e. The Morgan fingerprint density at radius 2 is 2.06 bits per heavy atom. The van der Waals surface area contributed by atoms with Crippen molar-refractivity contribution in [3.05, 3.63) is 28.5 Å². The molecule has 2 N–H and O–H groups in total. The van der Waals surface area contributed by atoms with E-state index in [1.807, 2.05) is 0 Å². The van der Waals surface area contributed by atoms with Crippen LogP contribution in [0.2, 0.25) is 0 Å². The van der Waals surface area contributed by atoms with Crippen LogP contribution in [0, 0.1) is 11.7 Å². The fourth-order valence-electron chi connectivity index (χ4n) is 1.08. The first-order valence-electron chi connectivity index (χ1n) is 4.65. The predicted molar refractivity (Wildman–Crippen MR) is 65.9 cm³/mol. The van der Waals surface area contributed by atoms with Crippen LogP contribution >= 0.6 is 28.1 Å². The number of rotatable bonds is 4. The molecule has 0 saturated carbocycles.